The first-order valence-electron chi connectivity index (χ1n) is 7.12. The van der Waals surface area contributed by atoms with Gasteiger partial charge < -0.3 is 10.1 Å². The molecular weight excluding hydrogens is 318 g/mol. The number of amides is 1. The molecule has 1 aromatic carbocycles. The molecule has 3 aromatic rings. The van der Waals surface area contributed by atoms with E-state index in [1.165, 1.54) is 16.8 Å². The summed E-state index contributed by atoms with van der Waals surface area (Å²) in [4.78, 5) is 16.8. The summed E-state index contributed by atoms with van der Waals surface area (Å²) >= 11 is 0. The predicted octanol–water partition coefficient (Wildman–Crippen LogP) is 3.20. The zero-order valence-electron chi connectivity index (χ0n) is 13.0. The number of anilines is 1. The highest BCUT2D eigenvalue weighted by molar-refractivity contribution is 6.09. The number of fused-ring (bicyclic) bond motifs is 1. The number of rotatable bonds is 4. The Bertz CT molecular complexity index is 908. The summed E-state index contributed by atoms with van der Waals surface area (Å²) < 4.78 is 31.0. The zero-order valence-corrected chi connectivity index (χ0v) is 13.0. The number of hydrogen-bond acceptors (Lipinski definition) is 4. The Morgan fingerprint density at radius 1 is 1.29 bits per heavy atom. The molecular formula is C16H14F2N4O2. The van der Waals surface area contributed by atoms with E-state index in [0.29, 0.717) is 11.2 Å². The molecule has 0 aliphatic carbocycles. The molecule has 0 unspecified atom stereocenters. The van der Waals surface area contributed by atoms with E-state index in [4.69, 9.17) is 0 Å². The molecule has 3 rings (SSSR count). The molecule has 24 heavy (non-hydrogen) atoms. The van der Waals surface area contributed by atoms with Crippen molar-refractivity contribution in [2.75, 3.05) is 5.32 Å². The fourth-order valence-corrected chi connectivity index (χ4v) is 2.30. The van der Waals surface area contributed by atoms with E-state index in [9.17, 15) is 13.6 Å². The van der Waals surface area contributed by atoms with E-state index in [1.54, 1.807) is 38.2 Å². The molecule has 6 nitrogen and oxygen atoms in total. The number of carbonyl (C=O) groups is 1. The lowest BCUT2D eigenvalue weighted by molar-refractivity contribution is -0.0493. The van der Waals surface area contributed by atoms with Crippen molar-refractivity contribution in [2.24, 2.45) is 0 Å². The van der Waals surface area contributed by atoms with Crippen molar-refractivity contribution < 1.29 is 18.3 Å². The second-order valence-electron chi connectivity index (χ2n) is 5.18. The van der Waals surface area contributed by atoms with Gasteiger partial charge in [-0.05, 0) is 31.5 Å². The molecule has 124 valence electrons. The molecule has 1 N–H and O–H groups in total. The number of para-hydroxylation sites is 1. The molecule has 0 aliphatic rings. The minimum absolute atomic E-state index is 0.0982. The van der Waals surface area contributed by atoms with Crippen LogP contribution in [-0.2, 0) is 0 Å². The third kappa shape index (κ3) is 3.03. The lowest BCUT2D eigenvalue weighted by Gasteiger charge is -2.13. The molecule has 0 saturated heterocycles. The van der Waals surface area contributed by atoms with Crippen molar-refractivity contribution in [3.05, 3.63) is 53.5 Å². The fourth-order valence-electron chi connectivity index (χ4n) is 2.30. The van der Waals surface area contributed by atoms with Crippen LogP contribution in [0.4, 0.5) is 14.5 Å². The summed E-state index contributed by atoms with van der Waals surface area (Å²) in [5.74, 6) is -0.601. The number of halogens is 2. The number of ether oxygens (including phenoxy) is 1. The van der Waals surface area contributed by atoms with Gasteiger partial charge in [0.25, 0.3) is 5.91 Å². The van der Waals surface area contributed by atoms with Crippen LogP contribution in [0, 0.1) is 13.8 Å². The average Bonchev–Trinajstić information content (AvgIpc) is 2.93. The normalized spacial score (nSPS) is 11.0. The van der Waals surface area contributed by atoms with Crippen LogP contribution in [-0.4, -0.2) is 27.1 Å². The highest BCUT2D eigenvalue weighted by Crippen LogP contribution is 2.30. The summed E-state index contributed by atoms with van der Waals surface area (Å²) in [5.41, 5.74) is 2.15. The predicted molar refractivity (Wildman–Crippen MR) is 83.5 cm³/mol. The smallest absolute Gasteiger partial charge is 0.387 e. The third-order valence-corrected chi connectivity index (χ3v) is 3.44. The Balaban J connectivity index is 1.96. The quantitative estimate of drug-likeness (QED) is 0.796. The lowest BCUT2D eigenvalue weighted by Crippen LogP contribution is -2.15. The highest BCUT2D eigenvalue weighted by Gasteiger charge is 2.18. The zero-order chi connectivity index (χ0) is 17.3. The van der Waals surface area contributed by atoms with E-state index in [0.717, 1.165) is 5.69 Å². The first-order valence-corrected chi connectivity index (χ1v) is 7.12. The number of alkyl halides is 2. The molecule has 0 fully saturated rings. The minimum Gasteiger partial charge on any atom is -0.433 e. The number of aromatic nitrogens is 3. The van der Waals surface area contributed by atoms with Crippen LogP contribution in [0.1, 0.15) is 21.6 Å². The highest BCUT2D eigenvalue weighted by atomic mass is 19.3. The van der Waals surface area contributed by atoms with Gasteiger partial charge in [-0.2, -0.15) is 13.9 Å². The second kappa shape index (κ2) is 6.23. The van der Waals surface area contributed by atoms with Crippen molar-refractivity contribution in [1.29, 1.82) is 0 Å². The maximum atomic E-state index is 12.5. The van der Waals surface area contributed by atoms with Crippen LogP contribution in [0.15, 0.2) is 36.7 Å². The Hall–Kier alpha value is -3.03. The third-order valence-electron chi connectivity index (χ3n) is 3.44. The first-order chi connectivity index (χ1) is 11.5. The van der Waals surface area contributed by atoms with Gasteiger partial charge in [-0.15, -0.1) is 0 Å². The van der Waals surface area contributed by atoms with Crippen LogP contribution < -0.4 is 10.1 Å². The van der Waals surface area contributed by atoms with Crippen LogP contribution in [0.3, 0.4) is 0 Å². The molecule has 0 atom stereocenters. The van der Waals surface area contributed by atoms with Gasteiger partial charge in [0.1, 0.15) is 11.3 Å². The standard InChI is InChI=1S/C16H14F2N4O2/c1-9-4-3-5-12(24-16(17)18)13(9)21-15(23)11-8-19-22-7-6-10(2)20-14(11)22/h3-8,16H,1-2H3,(H,21,23). The van der Waals surface area contributed by atoms with Gasteiger partial charge in [0.05, 0.1) is 11.9 Å². The molecule has 0 bridgehead atoms. The number of carbonyl (C=O) groups excluding carboxylic acids is 1. The minimum atomic E-state index is -2.98. The Kier molecular flexibility index (Phi) is 4.11. The Morgan fingerprint density at radius 2 is 2.08 bits per heavy atom. The van der Waals surface area contributed by atoms with Gasteiger partial charge in [-0.3, -0.25) is 4.79 Å². The Morgan fingerprint density at radius 3 is 2.83 bits per heavy atom. The van der Waals surface area contributed by atoms with E-state index < -0.39 is 12.5 Å². The first kappa shape index (κ1) is 15.9. The van der Waals surface area contributed by atoms with Gasteiger partial charge in [0.15, 0.2) is 5.65 Å². The van der Waals surface area contributed by atoms with Crippen LogP contribution in [0.2, 0.25) is 0 Å². The average molecular weight is 332 g/mol. The largest absolute Gasteiger partial charge is 0.433 e. The van der Waals surface area contributed by atoms with E-state index in [1.807, 2.05) is 0 Å². The summed E-state index contributed by atoms with van der Waals surface area (Å²) in [6.45, 7) is 0.501. The van der Waals surface area contributed by atoms with Gasteiger partial charge in [0, 0.05) is 11.9 Å². The van der Waals surface area contributed by atoms with Gasteiger partial charge in [-0.1, -0.05) is 12.1 Å². The molecule has 0 radical (unpaired) electrons. The molecule has 2 aromatic heterocycles. The van der Waals surface area contributed by atoms with Crippen LogP contribution in [0.25, 0.3) is 5.65 Å². The van der Waals surface area contributed by atoms with Gasteiger partial charge in [-0.25, -0.2) is 9.50 Å². The molecule has 0 aliphatic heterocycles. The molecule has 2 heterocycles. The van der Waals surface area contributed by atoms with Crippen LogP contribution >= 0.6 is 0 Å². The van der Waals surface area contributed by atoms with Crippen LogP contribution in [0.5, 0.6) is 5.75 Å². The summed E-state index contributed by atoms with van der Waals surface area (Å²) in [6, 6.07) is 6.39. The number of nitrogens with zero attached hydrogens (tertiary/aromatic N) is 3. The van der Waals surface area contributed by atoms with Crippen molar-refractivity contribution in [3.8, 4) is 5.75 Å². The van der Waals surface area contributed by atoms with E-state index >= 15 is 0 Å². The SMILES string of the molecule is Cc1ccn2ncc(C(=O)Nc3c(C)cccc3OC(F)F)c2n1. The van der Waals surface area contributed by atoms with E-state index in [2.05, 4.69) is 20.1 Å². The maximum Gasteiger partial charge on any atom is 0.387 e. The van der Waals surface area contributed by atoms with Gasteiger partial charge >= 0.3 is 6.61 Å². The number of benzene rings is 1. The molecule has 0 saturated carbocycles. The molecule has 1 amide bonds. The van der Waals surface area contributed by atoms with Crippen molar-refractivity contribution >= 4 is 17.2 Å². The maximum absolute atomic E-state index is 12.5. The summed E-state index contributed by atoms with van der Waals surface area (Å²) in [5, 5.41) is 6.67. The topological polar surface area (TPSA) is 68.5 Å². The molecule has 0 spiro atoms. The number of nitrogens with one attached hydrogen (secondary N) is 1. The summed E-state index contributed by atoms with van der Waals surface area (Å²) in [6.07, 6.45) is 3.07. The lowest BCUT2D eigenvalue weighted by atomic mass is 10.1. The van der Waals surface area contributed by atoms with Crippen molar-refractivity contribution in [3.63, 3.8) is 0 Å². The van der Waals surface area contributed by atoms with E-state index in [-0.39, 0.29) is 17.0 Å². The second-order valence-corrected chi connectivity index (χ2v) is 5.18. The Labute approximate surface area is 136 Å². The molecule has 8 heteroatoms. The summed E-state index contributed by atoms with van der Waals surface area (Å²) in [7, 11) is 0. The monoisotopic (exact) mass is 332 g/mol. The van der Waals surface area contributed by atoms with Crippen molar-refractivity contribution in [2.45, 2.75) is 20.5 Å². The number of hydrogen-bond donors (Lipinski definition) is 1. The number of aryl methyl sites for hydroxylation is 2. The van der Waals surface area contributed by atoms with Gasteiger partial charge in [0.2, 0.25) is 0 Å². The van der Waals surface area contributed by atoms with Crippen molar-refractivity contribution in [1.82, 2.24) is 14.6 Å². The fraction of sp³-hybridized carbons (Fsp3) is 0.188.